The molecule has 0 radical (unpaired) electrons. The average Bonchev–Trinajstić information content (AvgIpc) is 3.70. The fraction of sp³-hybridized carbons (Fsp3) is 0.100. The number of thiophene rings is 1. The molecule has 0 spiro atoms. The third-order valence-corrected chi connectivity index (χ3v) is 9.30. The van der Waals surface area contributed by atoms with Crippen LogP contribution in [0.1, 0.15) is 44.6 Å². The lowest BCUT2D eigenvalue weighted by molar-refractivity contribution is 0.0697. The van der Waals surface area contributed by atoms with Crippen molar-refractivity contribution in [2.45, 2.75) is 18.9 Å². The number of allylic oxidation sites excluding steroid dienone is 1. The molecule has 0 saturated carbocycles. The third kappa shape index (κ3) is 4.03. The molecular formula is C30H19ClN2O4S2. The highest BCUT2D eigenvalue weighted by Crippen LogP contribution is 2.42. The lowest BCUT2D eigenvalue weighted by Gasteiger charge is -2.30. The first-order valence-corrected chi connectivity index (χ1v) is 14.3. The van der Waals surface area contributed by atoms with E-state index in [0.717, 1.165) is 29.0 Å². The van der Waals surface area contributed by atoms with Crippen molar-refractivity contribution in [3.63, 3.8) is 0 Å². The van der Waals surface area contributed by atoms with Gasteiger partial charge in [-0.25, -0.2) is 9.79 Å². The fourth-order valence-electron chi connectivity index (χ4n) is 5.28. The smallest absolute Gasteiger partial charge is 0.337 e. The molecule has 0 amide bonds. The van der Waals surface area contributed by atoms with Crippen LogP contribution in [0, 0.1) is 0 Å². The molecule has 0 saturated heterocycles. The molecule has 0 fully saturated rings. The van der Waals surface area contributed by atoms with E-state index in [2.05, 4.69) is 24.3 Å². The number of fused-ring (bicyclic) bond motifs is 3. The fourth-order valence-corrected chi connectivity index (χ4v) is 7.30. The van der Waals surface area contributed by atoms with E-state index >= 15 is 0 Å². The van der Waals surface area contributed by atoms with E-state index in [1.165, 1.54) is 34.6 Å². The van der Waals surface area contributed by atoms with Gasteiger partial charge in [-0.3, -0.25) is 9.36 Å². The largest absolute Gasteiger partial charge is 0.478 e. The second kappa shape index (κ2) is 9.34. The van der Waals surface area contributed by atoms with E-state index in [0.29, 0.717) is 26.4 Å². The number of aromatic nitrogens is 1. The van der Waals surface area contributed by atoms with Crippen LogP contribution in [0.3, 0.4) is 0 Å². The first-order valence-electron chi connectivity index (χ1n) is 12.3. The van der Waals surface area contributed by atoms with Crippen molar-refractivity contribution in [1.29, 1.82) is 0 Å². The molecule has 192 valence electrons. The van der Waals surface area contributed by atoms with Crippen molar-refractivity contribution in [3.8, 4) is 11.3 Å². The Kier molecular flexibility index (Phi) is 5.77. The lowest BCUT2D eigenvalue weighted by Crippen LogP contribution is -2.38. The molecule has 4 heterocycles. The molecule has 2 aromatic carbocycles. The van der Waals surface area contributed by atoms with Crippen LogP contribution in [0.15, 0.2) is 91.9 Å². The van der Waals surface area contributed by atoms with E-state index in [-0.39, 0.29) is 22.2 Å². The Morgan fingerprint density at radius 3 is 2.79 bits per heavy atom. The molecule has 1 aliphatic heterocycles. The number of furan rings is 1. The predicted octanol–water partition coefficient (Wildman–Crippen LogP) is 5.99. The highest BCUT2D eigenvalue weighted by Gasteiger charge is 2.33. The van der Waals surface area contributed by atoms with Gasteiger partial charge in [0, 0.05) is 22.1 Å². The second-order valence-electron chi connectivity index (χ2n) is 9.33. The molecule has 1 N–H and O–H groups in total. The highest BCUT2D eigenvalue weighted by molar-refractivity contribution is 7.10. The monoisotopic (exact) mass is 570 g/mol. The molecule has 2 aliphatic rings. The maximum absolute atomic E-state index is 13.8. The van der Waals surface area contributed by atoms with E-state index < -0.39 is 5.97 Å². The molecule has 39 heavy (non-hydrogen) atoms. The van der Waals surface area contributed by atoms with Gasteiger partial charge in [0.2, 0.25) is 0 Å². The number of aromatic carboxylic acids is 1. The number of hydrogen-bond acceptors (Lipinski definition) is 6. The molecule has 3 aromatic heterocycles. The van der Waals surface area contributed by atoms with Crippen molar-refractivity contribution in [1.82, 2.24) is 4.57 Å². The predicted molar refractivity (Wildman–Crippen MR) is 153 cm³/mol. The van der Waals surface area contributed by atoms with Gasteiger partial charge in [-0.15, -0.1) is 11.3 Å². The van der Waals surface area contributed by atoms with Gasteiger partial charge < -0.3 is 9.52 Å². The number of thiazole rings is 1. The summed E-state index contributed by atoms with van der Waals surface area (Å²) in [5, 5.41) is 11.6. The van der Waals surface area contributed by atoms with Crippen LogP contribution in [0.25, 0.3) is 23.1 Å². The molecule has 6 nitrogen and oxygen atoms in total. The first kappa shape index (κ1) is 24.1. The molecular weight excluding hydrogens is 552 g/mol. The Morgan fingerprint density at radius 1 is 1.10 bits per heavy atom. The highest BCUT2D eigenvalue weighted by atomic mass is 35.5. The van der Waals surface area contributed by atoms with Crippen LogP contribution in [0.4, 0.5) is 0 Å². The van der Waals surface area contributed by atoms with Crippen LogP contribution >= 0.6 is 34.3 Å². The summed E-state index contributed by atoms with van der Waals surface area (Å²) in [5.74, 6) is -0.138. The molecule has 1 unspecified atom stereocenters. The number of nitrogens with zero attached hydrogens (tertiary/aromatic N) is 2. The maximum atomic E-state index is 13.8. The first-order chi connectivity index (χ1) is 19.0. The molecule has 9 heteroatoms. The third-order valence-electron chi connectivity index (χ3n) is 7.07. The van der Waals surface area contributed by atoms with Crippen molar-refractivity contribution in [2.75, 3.05) is 0 Å². The zero-order chi connectivity index (χ0) is 26.7. The Bertz CT molecular complexity index is 2000. The minimum atomic E-state index is -1.11. The molecule has 1 aliphatic carbocycles. The Balaban J connectivity index is 1.36. The number of hydrogen-bond donors (Lipinski definition) is 1. The van der Waals surface area contributed by atoms with Crippen LogP contribution < -0.4 is 14.9 Å². The Morgan fingerprint density at radius 2 is 1.97 bits per heavy atom. The van der Waals surface area contributed by atoms with Crippen molar-refractivity contribution < 1.29 is 14.3 Å². The van der Waals surface area contributed by atoms with Gasteiger partial charge in [0.05, 0.1) is 26.9 Å². The summed E-state index contributed by atoms with van der Waals surface area (Å²) in [6.45, 7) is 0. The van der Waals surface area contributed by atoms with Gasteiger partial charge in [0.1, 0.15) is 11.5 Å². The minimum absolute atomic E-state index is 0.000423. The summed E-state index contributed by atoms with van der Waals surface area (Å²) in [6.07, 6.45) is 3.49. The van der Waals surface area contributed by atoms with Crippen LogP contribution in [0.2, 0.25) is 5.02 Å². The zero-order valence-electron chi connectivity index (χ0n) is 20.3. The van der Waals surface area contributed by atoms with Crippen molar-refractivity contribution >= 4 is 52.0 Å². The standard InChI is InChI=1S/C30H19ClN2O4S2/c31-22-11-8-17(14-21(22)29(35)36)23-12-9-18(37-23)15-25-28(34)33-27(24-6-3-13-38-24)20-10-7-16-4-1-2-5-19(16)26(20)32-30(33)39-25/h1-6,8-9,11-15,27H,7,10H2,(H,35,36)/b25-15-. The van der Waals surface area contributed by atoms with Gasteiger partial charge in [-0.05, 0) is 65.8 Å². The average molecular weight is 571 g/mol. The topological polar surface area (TPSA) is 84.8 Å². The number of carboxylic acids is 1. The molecule has 5 aromatic rings. The number of halogens is 1. The minimum Gasteiger partial charge on any atom is -0.478 e. The van der Waals surface area contributed by atoms with Gasteiger partial charge >= 0.3 is 5.97 Å². The summed E-state index contributed by atoms with van der Waals surface area (Å²) in [5.41, 5.74) is 5.03. The number of rotatable bonds is 4. The molecule has 7 rings (SSSR count). The quantitative estimate of drug-likeness (QED) is 0.287. The zero-order valence-corrected chi connectivity index (χ0v) is 22.6. The van der Waals surface area contributed by atoms with E-state index in [4.69, 9.17) is 21.0 Å². The summed E-state index contributed by atoms with van der Waals surface area (Å²) >= 11 is 9.01. The molecule has 1 atom stereocenters. The Labute approximate surface area is 235 Å². The van der Waals surface area contributed by atoms with E-state index in [9.17, 15) is 14.7 Å². The lowest BCUT2D eigenvalue weighted by atomic mass is 9.85. The van der Waals surface area contributed by atoms with Gasteiger partial charge in [0.25, 0.3) is 5.56 Å². The van der Waals surface area contributed by atoms with E-state index in [1.54, 1.807) is 35.6 Å². The number of carbonyl (C=O) groups is 1. The summed E-state index contributed by atoms with van der Waals surface area (Å²) in [6, 6.07) is 20.5. The second-order valence-corrected chi connectivity index (χ2v) is 11.7. The van der Waals surface area contributed by atoms with Gasteiger partial charge in [-0.2, -0.15) is 0 Å². The van der Waals surface area contributed by atoms with Crippen LogP contribution in [0.5, 0.6) is 0 Å². The summed E-state index contributed by atoms with van der Waals surface area (Å²) in [7, 11) is 0. The number of benzene rings is 2. The molecule has 0 bridgehead atoms. The summed E-state index contributed by atoms with van der Waals surface area (Å²) in [4.78, 5) is 32.1. The SMILES string of the molecule is O=C(O)c1cc(-c2ccc(/C=c3\sc4n(c3=O)C(c3cccs3)C3=C(N=4)c4ccccc4CC3)o2)ccc1Cl. The van der Waals surface area contributed by atoms with E-state index in [1.807, 2.05) is 22.1 Å². The van der Waals surface area contributed by atoms with Crippen LogP contribution in [-0.2, 0) is 6.42 Å². The van der Waals surface area contributed by atoms with Crippen molar-refractivity contribution in [3.05, 3.63) is 130 Å². The Hall–Kier alpha value is -3.98. The number of carboxylic acid groups (broad SMARTS) is 1. The summed E-state index contributed by atoms with van der Waals surface area (Å²) < 4.78 is 8.34. The number of aryl methyl sites for hydroxylation is 1. The van der Waals surface area contributed by atoms with Crippen molar-refractivity contribution in [2.24, 2.45) is 4.99 Å². The van der Waals surface area contributed by atoms with Gasteiger partial charge in [-0.1, -0.05) is 53.3 Å². The van der Waals surface area contributed by atoms with Gasteiger partial charge in [0.15, 0.2) is 4.80 Å². The maximum Gasteiger partial charge on any atom is 0.337 e. The van der Waals surface area contributed by atoms with Crippen LogP contribution in [-0.4, -0.2) is 15.6 Å². The normalized spacial score (nSPS) is 16.4.